The summed E-state index contributed by atoms with van der Waals surface area (Å²) in [5.74, 6) is -0.272. The van der Waals surface area contributed by atoms with Crippen LogP contribution in [0.25, 0.3) is 10.9 Å². The number of rotatable bonds is 3. The molecule has 106 valence electrons. The Bertz CT molecular complexity index is 841. The van der Waals surface area contributed by atoms with Crippen molar-refractivity contribution in [2.24, 2.45) is 5.73 Å². The maximum absolute atomic E-state index is 13.9. The zero-order valence-electron chi connectivity index (χ0n) is 11.0. The number of aromatic nitrogens is 1. The van der Waals surface area contributed by atoms with Gasteiger partial charge in [0, 0.05) is 33.2 Å². The van der Waals surface area contributed by atoms with Gasteiger partial charge in [0.25, 0.3) is 0 Å². The molecule has 0 bridgehead atoms. The maximum atomic E-state index is 13.9. The fraction of sp³-hybridized carbons (Fsp3) is 0.0625. The van der Waals surface area contributed by atoms with E-state index in [-0.39, 0.29) is 5.82 Å². The van der Waals surface area contributed by atoms with Crippen LogP contribution < -0.4 is 5.73 Å². The third-order valence-electron chi connectivity index (χ3n) is 3.43. The van der Waals surface area contributed by atoms with E-state index in [2.05, 4.69) is 0 Å². The molecule has 1 aromatic heterocycles. The van der Waals surface area contributed by atoms with Gasteiger partial charge in [0.15, 0.2) is 0 Å². The van der Waals surface area contributed by atoms with E-state index in [1.807, 2.05) is 35.0 Å². The molecule has 1 heterocycles. The molecule has 0 aliphatic carbocycles. The summed E-state index contributed by atoms with van der Waals surface area (Å²) in [5.41, 5.74) is 8.06. The van der Waals surface area contributed by atoms with Gasteiger partial charge in [-0.2, -0.15) is 0 Å². The summed E-state index contributed by atoms with van der Waals surface area (Å²) in [4.78, 5) is 0.354. The number of benzene rings is 2. The Morgan fingerprint density at radius 3 is 2.81 bits per heavy atom. The van der Waals surface area contributed by atoms with Crippen molar-refractivity contribution in [3.05, 3.63) is 70.6 Å². The zero-order valence-corrected chi connectivity index (χ0v) is 12.6. The Balaban J connectivity index is 2.08. The summed E-state index contributed by atoms with van der Waals surface area (Å²) in [5, 5.41) is 1.49. The molecule has 3 aromatic rings. The number of hydrogen-bond donors (Lipinski definition) is 1. The van der Waals surface area contributed by atoms with E-state index < -0.39 is 0 Å². The van der Waals surface area contributed by atoms with E-state index in [0.29, 0.717) is 22.1 Å². The minimum absolute atomic E-state index is 0.272. The summed E-state index contributed by atoms with van der Waals surface area (Å²) >= 11 is 11.0. The number of nitrogens with two attached hydrogens (primary N) is 1. The summed E-state index contributed by atoms with van der Waals surface area (Å²) in [6.45, 7) is 0.399. The molecule has 0 aliphatic rings. The quantitative estimate of drug-likeness (QED) is 0.737. The Morgan fingerprint density at radius 1 is 1.24 bits per heavy atom. The second-order valence-electron chi connectivity index (χ2n) is 4.78. The molecule has 0 aliphatic heterocycles. The van der Waals surface area contributed by atoms with Gasteiger partial charge in [-0.1, -0.05) is 36.0 Å². The van der Waals surface area contributed by atoms with Crippen molar-refractivity contribution in [3.8, 4) is 0 Å². The lowest BCUT2D eigenvalue weighted by Crippen LogP contribution is -2.09. The molecule has 0 amide bonds. The van der Waals surface area contributed by atoms with Crippen molar-refractivity contribution in [2.45, 2.75) is 6.54 Å². The van der Waals surface area contributed by atoms with Crippen molar-refractivity contribution in [2.75, 3.05) is 0 Å². The van der Waals surface area contributed by atoms with E-state index in [9.17, 15) is 4.39 Å². The SMILES string of the molecule is NC(=S)c1cccc2c1ccn2Cc1cc(Cl)ccc1F. The maximum Gasteiger partial charge on any atom is 0.128 e. The van der Waals surface area contributed by atoms with Gasteiger partial charge in [-0.3, -0.25) is 0 Å². The van der Waals surface area contributed by atoms with Crippen LogP contribution in [-0.4, -0.2) is 9.56 Å². The van der Waals surface area contributed by atoms with Crippen LogP contribution in [0.5, 0.6) is 0 Å². The molecule has 21 heavy (non-hydrogen) atoms. The molecular weight excluding hydrogens is 307 g/mol. The number of thiocarbonyl (C=S) groups is 1. The molecule has 0 saturated carbocycles. The lowest BCUT2D eigenvalue weighted by Gasteiger charge is -2.08. The smallest absolute Gasteiger partial charge is 0.128 e. The second-order valence-corrected chi connectivity index (χ2v) is 5.66. The third-order valence-corrected chi connectivity index (χ3v) is 3.88. The Kier molecular flexibility index (Phi) is 3.66. The molecule has 5 heteroatoms. The molecule has 0 unspecified atom stereocenters. The van der Waals surface area contributed by atoms with Crippen LogP contribution in [-0.2, 0) is 6.54 Å². The van der Waals surface area contributed by atoms with E-state index in [1.54, 1.807) is 12.1 Å². The van der Waals surface area contributed by atoms with Crippen LogP contribution >= 0.6 is 23.8 Å². The minimum atomic E-state index is -0.272. The van der Waals surface area contributed by atoms with Gasteiger partial charge in [-0.15, -0.1) is 0 Å². The van der Waals surface area contributed by atoms with Gasteiger partial charge in [0.1, 0.15) is 10.8 Å². The lowest BCUT2D eigenvalue weighted by molar-refractivity contribution is 0.602. The monoisotopic (exact) mass is 318 g/mol. The van der Waals surface area contributed by atoms with Gasteiger partial charge in [-0.05, 0) is 30.3 Å². The van der Waals surface area contributed by atoms with Crippen LogP contribution in [0.1, 0.15) is 11.1 Å². The van der Waals surface area contributed by atoms with Gasteiger partial charge in [0.2, 0.25) is 0 Å². The van der Waals surface area contributed by atoms with Gasteiger partial charge >= 0.3 is 0 Å². The minimum Gasteiger partial charge on any atom is -0.389 e. The van der Waals surface area contributed by atoms with Crippen molar-refractivity contribution < 1.29 is 4.39 Å². The molecule has 2 N–H and O–H groups in total. The van der Waals surface area contributed by atoms with Crippen LogP contribution in [0.15, 0.2) is 48.7 Å². The first-order valence-electron chi connectivity index (χ1n) is 6.38. The number of hydrogen-bond acceptors (Lipinski definition) is 1. The van der Waals surface area contributed by atoms with Gasteiger partial charge in [-0.25, -0.2) is 4.39 Å². The fourth-order valence-electron chi connectivity index (χ4n) is 2.42. The van der Waals surface area contributed by atoms with Crippen LogP contribution in [0.3, 0.4) is 0 Å². The highest BCUT2D eigenvalue weighted by Crippen LogP contribution is 2.23. The highest BCUT2D eigenvalue weighted by Gasteiger charge is 2.09. The van der Waals surface area contributed by atoms with E-state index in [0.717, 1.165) is 16.5 Å². The second kappa shape index (κ2) is 5.47. The highest BCUT2D eigenvalue weighted by atomic mass is 35.5. The number of fused-ring (bicyclic) bond motifs is 1. The Morgan fingerprint density at radius 2 is 2.05 bits per heavy atom. The average molecular weight is 319 g/mol. The highest BCUT2D eigenvalue weighted by molar-refractivity contribution is 7.80. The summed E-state index contributed by atoms with van der Waals surface area (Å²) < 4.78 is 15.8. The normalized spacial score (nSPS) is 11.0. The standard InChI is InChI=1S/C16H12ClFN2S/c17-11-4-5-14(18)10(8-11)9-20-7-6-12-13(16(19)21)2-1-3-15(12)20/h1-8H,9H2,(H2,19,21). The van der Waals surface area contributed by atoms with Crippen LogP contribution in [0.4, 0.5) is 4.39 Å². The molecule has 2 aromatic carbocycles. The predicted molar refractivity (Wildman–Crippen MR) is 88.3 cm³/mol. The van der Waals surface area contributed by atoms with Gasteiger partial charge < -0.3 is 10.3 Å². The average Bonchev–Trinajstić information content (AvgIpc) is 2.86. The Hall–Kier alpha value is -1.91. The summed E-state index contributed by atoms with van der Waals surface area (Å²) in [6, 6.07) is 12.2. The van der Waals surface area contributed by atoms with E-state index in [1.165, 1.54) is 6.07 Å². The lowest BCUT2D eigenvalue weighted by atomic mass is 10.1. The first kappa shape index (κ1) is 14.0. The molecule has 0 radical (unpaired) electrons. The van der Waals surface area contributed by atoms with Crippen LogP contribution in [0, 0.1) is 5.82 Å². The molecule has 0 fully saturated rings. The number of nitrogens with zero attached hydrogens (tertiary/aromatic N) is 1. The van der Waals surface area contributed by atoms with Crippen LogP contribution in [0.2, 0.25) is 5.02 Å². The van der Waals surface area contributed by atoms with E-state index >= 15 is 0 Å². The topological polar surface area (TPSA) is 30.9 Å². The first-order valence-corrected chi connectivity index (χ1v) is 7.16. The van der Waals surface area contributed by atoms with Crippen molar-refractivity contribution in [1.82, 2.24) is 4.57 Å². The number of halogens is 2. The van der Waals surface area contributed by atoms with Crippen molar-refractivity contribution in [1.29, 1.82) is 0 Å². The molecular formula is C16H12ClFN2S. The third kappa shape index (κ3) is 2.64. The fourth-order valence-corrected chi connectivity index (χ4v) is 2.80. The predicted octanol–water partition coefficient (Wildman–Crippen LogP) is 4.12. The molecule has 0 spiro atoms. The van der Waals surface area contributed by atoms with Crippen molar-refractivity contribution in [3.63, 3.8) is 0 Å². The van der Waals surface area contributed by atoms with Gasteiger partial charge in [0.05, 0.1) is 6.54 Å². The molecule has 0 saturated heterocycles. The molecule has 0 atom stereocenters. The zero-order chi connectivity index (χ0) is 15.0. The molecule has 3 rings (SSSR count). The van der Waals surface area contributed by atoms with Crippen molar-refractivity contribution >= 4 is 39.7 Å². The largest absolute Gasteiger partial charge is 0.389 e. The molecule has 2 nitrogen and oxygen atoms in total. The summed E-state index contributed by atoms with van der Waals surface area (Å²) in [6.07, 6.45) is 1.90. The van der Waals surface area contributed by atoms with E-state index in [4.69, 9.17) is 29.6 Å². The first-order chi connectivity index (χ1) is 10.1. The Labute approximate surface area is 131 Å². The summed E-state index contributed by atoms with van der Waals surface area (Å²) in [7, 11) is 0.